The van der Waals surface area contributed by atoms with E-state index in [1.807, 2.05) is 64.1 Å². The molecule has 1 saturated heterocycles. The number of imide groups is 1. The SMILES string of the molecule is COCCOCCOCCOCCNC(=O)CC[C@H](CC(=O)[C@@H](NC(=O)CCCC(=O)ON1C(=O)CCC1=O)C(C)C)C(=O)CCc1ccc([C@@H](C)[C@H](O)[C@@H](C)[C@@H]2C/C=C/C(=O)N[C@H](Cc3ccc(C)c(Cl)c3)C(=O)N[C@@H](C)C(C)(C)C(=O)N[C@@H](CC(C)C)C(=O)O2)cc1. The lowest BCUT2D eigenvalue weighted by atomic mass is 9.83. The molecule has 6 N–H and O–H groups in total. The summed E-state index contributed by atoms with van der Waals surface area (Å²) in [7, 11) is 1.59. The Morgan fingerprint density at radius 1 is 0.766 bits per heavy atom. The molecule has 0 aliphatic carbocycles. The van der Waals surface area contributed by atoms with Gasteiger partial charge in [-0.15, -0.1) is 5.06 Å². The standard InChI is InChI=1S/C69H101ClN6O18/c1-42(2)38-54-67(87)93-57(14-12-15-59(80)73-53(40-49-19-18-44(5)52(70)39-49)66(86)72-47(8)69(9,10)68(88)74-54)46(7)65(85)45(6)50-23-20-48(21-24-50)22-26-55(77)51(25-27-58(79)71-30-31-90-34-35-92-37-36-91-33-32-89-11)41-56(78)64(43(3)4)75-60(81)16-13-17-63(84)94-76-61(82)28-29-62(76)83/h12,15,18-21,23-24,39,42-43,45-47,51,53-54,57,64-65,85H,13-14,16-17,22,25-38,40-41H2,1-11H3,(H,71,79)(H,72,86)(H,73,80)(H,74,88)(H,75,81)/b15-12+/t45-,46+,47+,51-,53-,54+,57+,64+,65+/m1/s1. The number of carbonyl (C=O) groups excluding carboxylic acids is 11. The van der Waals surface area contributed by atoms with Crippen molar-refractivity contribution in [2.24, 2.45) is 29.1 Å². The first kappa shape index (κ1) is 79.5. The highest BCUT2D eigenvalue weighted by Crippen LogP contribution is 2.31. The number of nitrogens with zero attached hydrogens (tertiary/aromatic N) is 1. The van der Waals surface area contributed by atoms with E-state index in [-0.39, 0.29) is 114 Å². The summed E-state index contributed by atoms with van der Waals surface area (Å²) in [6, 6.07) is 8.71. The molecule has 0 aromatic heterocycles. The molecular weight excluding hydrogens is 1240 g/mol. The van der Waals surface area contributed by atoms with E-state index in [0.717, 1.165) is 11.1 Å². The number of benzene rings is 2. The summed E-state index contributed by atoms with van der Waals surface area (Å²) in [6.45, 7) is 20.4. The Labute approximate surface area is 558 Å². The number of hydrogen-bond donors (Lipinski definition) is 6. The molecule has 25 heteroatoms. The zero-order valence-electron chi connectivity index (χ0n) is 56.6. The van der Waals surface area contributed by atoms with Crippen molar-refractivity contribution in [2.45, 2.75) is 195 Å². The van der Waals surface area contributed by atoms with Crippen molar-refractivity contribution in [3.8, 4) is 0 Å². The fourth-order valence-electron chi connectivity index (χ4n) is 10.5. The number of methoxy groups -OCH3 is 1. The highest BCUT2D eigenvalue weighted by molar-refractivity contribution is 6.31. The molecule has 1 fully saturated rings. The number of carbonyl (C=O) groups is 11. The average molecular weight is 1340 g/mol. The first-order valence-electron chi connectivity index (χ1n) is 32.7. The Morgan fingerprint density at radius 2 is 1.39 bits per heavy atom. The molecule has 2 heterocycles. The topological polar surface area (TPSA) is 327 Å². The molecule has 24 nitrogen and oxygen atoms in total. The van der Waals surface area contributed by atoms with Crippen molar-refractivity contribution in [1.82, 2.24) is 31.6 Å². The van der Waals surface area contributed by atoms with Gasteiger partial charge in [0.05, 0.1) is 63.8 Å². The van der Waals surface area contributed by atoms with E-state index in [2.05, 4.69) is 26.6 Å². The Kier molecular flexibility index (Phi) is 34.2. The van der Waals surface area contributed by atoms with E-state index >= 15 is 0 Å². The normalized spacial score (nSPS) is 20.1. The third-order valence-electron chi connectivity index (χ3n) is 17.0. The molecule has 0 unspecified atom stereocenters. The molecule has 2 aliphatic rings. The molecule has 4 rings (SSSR count). The lowest BCUT2D eigenvalue weighted by Crippen LogP contribution is -2.58. The van der Waals surface area contributed by atoms with Gasteiger partial charge >= 0.3 is 11.9 Å². The maximum absolute atomic E-state index is 14.2. The average Bonchev–Trinajstić information content (AvgIpc) is 1.07. The second-order valence-corrected chi connectivity index (χ2v) is 26.1. The minimum Gasteiger partial charge on any atom is -0.460 e. The van der Waals surface area contributed by atoms with Gasteiger partial charge in [0.25, 0.3) is 11.8 Å². The predicted octanol–water partition coefficient (Wildman–Crippen LogP) is 6.00. The van der Waals surface area contributed by atoms with Gasteiger partial charge in [-0.05, 0) is 99.6 Å². The molecular formula is C69H101ClN6O18. The van der Waals surface area contributed by atoms with Gasteiger partial charge < -0.3 is 60.2 Å². The van der Waals surface area contributed by atoms with Crippen LogP contribution in [0, 0.1) is 36.0 Å². The zero-order valence-corrected chi connectivity index (χ0v) is 57.4. The molecule has 0 saturated carbocycles. The van der Waals surface area contributed by atoms with Crippen LogP contribution in [0.4, 0.5) is 0 Å². The number of aliphatic hydroxyl groups excluding tert-OH is 1. The minimum atomic E-state index is -1.25. The summed E-state index contributed by atoms with van der Waals surface area (Å²) in [6.07, 6.45) is 0.247. The molecule has 2 aromatic carbocycles. The number of nitrogens with one attached hydrogen (secondary N) is 5. The van der Waals surface area contributed by atoms with Crippen molar-refractivity contribution >= 4 is 76.5 Å². The number of halogens is 1. The fraction of sp³-hybridized carbons (Fsp3) is 0.638. The third-order valence-corrected chi connectivity index (χ3v) is 17.4. The van der Waals surface area contributed by atoms with E-state index in [0.29, 0.717) is 60.9 Å². The van der Waals surface area contributed by atoms with Crippen LogP contribution in [0.2, 0.25) is 5.02 Å². The van der Waals surface area contributed by atoms with Gasteiger partial charge in [0, 0.05) is 100 Å². The summed E-state index contributed by atoms with van der Waals surface area (Å²) < 4.78 is 27.6. The van der Waals surface area contributed by atoms with Gasteiger partial charge in [-0.1, -0.05) is 95.6 Å². The third kappa shape index (κ3) is 27.0. The zero-order chi connectivity index (χ0) is 69.7. The number of hydroxylamine groups is 2. The Hall–Kier alpha value is -6.96. The molecule has 7 amide bonds. The maximum atomic E-state index is 14.2. The first-order chi connectivity index (χ1) is 44.5. The van der Waals surface area contributed by atoms with Crippen molar-refractivity contribution in [3.63, 3.8) is 0 Å². The Bertz CT molecular complexity index is 2880. The van der Waals surface area contributed by atoms with Crippen molar-refractivity contribution < 1.29 is 86.4 Å². The van der Waals surface area contributed by atoms with E-state index in [4.69, 9.17) is 40.1 Å². The molecule has 94 heavy (non-hydrogen) atoms. The van der Waals surface area contributed by atoms with Crippen LogP contribution in [-0.4, -0.2) is 171 Å². The number of aryl methyl sites for hydroxylation is 2. The molecule has 2 aliphatic heterocycles. The summed E-state index contributed by atoms with van der Waals surface area (Å²) in [5.41, 5.74) is 1.76. The second kappa shape index (κ2) is 40.4. The highest BCUT2D eigenvalue weighted by atomic mass is 35.5. The molecule has 9 atom stereocenters. The van der Waals surface area contributed by atoms with Gasteiger partial charge in [-0.25, -0.2) is 9.59 Å². The molecule has 522 valence electrons. The summed E-state index contributed by atoms with van der Waals surface area (Å²) in [5, 5.41) is 27.1. The minimum absolute atomic E-state index is 0.00310. The van der Waals surface area contributed by atoms with E-state index < -0.39 is 119 Å². The van der Waals surface area contributed by atoms with Gasteiger partial charge in [0.1, 0.15) is 24.0 Å². The smallest absolute Gasteiger partial charge is 0.333 e. The van der Waals surface area contributed by atoms with Crippen LogP contribution in [0.5, 0.6) is 0 Å². The van der Waals surface area contributed by atoms with E-state index in [9.17, 15) is 57.8 Å². The van der Waals surface area contributed by atoms with Crippen LogP contribution in [0.1, 0.15) is 161 Å². The number of rotatable bonds is 37. The van der Waals surface area contributed by atoms with E-state index in [1.165, 1.54) is 12.2 Å². The predicted molar refractivity (Wildman–Crippen MR) is 349 cm³/mol. The summed E-state index contributed by atoms with van der Waals surface area (Å²) in [4.78, 5) is 152. The summed E-state index contributed by atoms with van der Waals surface area (Å²) >= 11 is 6.44. The molecule has 2 aromatic rings. The number of ketones is 2. The molecule has 0 bridgehead atoms. The first-order valence-corrected chi connectivity index (χ1v) is 33.1. The van der Waals surface area contributed by atoms with Crippen LogP contribution < -0.4 is 26.6 Å². The van der Waals surface area contributed by atoms with E-state index in [1.54, 1.807) is 54.7 Å². The number of hydrogen-bond acceptors (Lipinski definition) is 18. The maximum Gasteiger partial charge on any atom is 0.333 e. The van der Waals surface area contributed by atoms with Crippen LogP contribution in [0.25, 0.3) is 0 Å². The van der Waals surface area contributed by atoms with Gasteiger partial charge in [0.15, 0.2) is 5.78 Å². The Balaban J connectivity index is 1.47. The van der Waals surface area contributed by atoms with Crippen LogP contribution in [-0.2, 0) is 94.1 Å². The highest BCUT2D eigenvalue weighted by Gasteiger charge is 2.41. The number of amides is 7. The van der Waals surface area contributed by atoms with Gasteiger partial charge in [-0.2, -0.15) is 0 Å². The number of esters is 1. The number of aliphatic hydroxyl groups is 1. The largest absolute Gasteiger partial charge is 0.460 e. The number of cyclic esters (lactones) is 1. The lowest BCUT2D eigenvalue weighted by Gasteiger charge is -2.35. The van der Waals surface area contributed by atoms with Crippen molar-refractivity contribution in [3.05, 3.63) is 81.9 Å². The molecule has 0 radical (unpaired) electrons. The second-order valence-electron chi connectivity index (χ2n) is 25.7. The number of ether oxygens (including phenoxy) is 5. The van der Waals surface area contributed by atoms with Gasteiger partial charge in [0.2, 0.25) is 29.5 Å². The fourth-order valence-corrected chi connectivity index (χ4v) is 10.7. The van der Waals surface area contributed by atoms with Crippen LogP contribution in [0.3, 0.4) is 0 Å². The monoisotopic (exact) mass is 1340 g/mol. The van der Waals surface area contributed by atoms with Crippen molar-refractivity contribution in [2.75, 3.05) is 59.9 Å². The van der Waals surface area contributed by atoms with Crippen LogP contribution in [0.15, 0.2) is 54.6 Å². The Morgan fingerprint density at radius 3 is 2.01 bits per heavy atom. The van der Waals surface area contributed by atoms with Crippen molar-refractivity contribution in [1.29, 1.82) is 0 Å². The van der Waals surface area contributed by atoms with Crippen LogP contribution >= 0.6 is 11.6 Å². The molecule has 0 spiro atoms. The van der Waals surface area contributed by atoms with Gasteiger partial charge in [-0.3, -0.25) is 43.2 Å². The lowest BCUT2D eigenvalue weighted by molar-refractivity contribution is -0.197. The summed E-state index contributed by atoms with van der Waals surface area (Å²) in [5.74, 6) is -8.77. The quantitative estimate of drug-likeness (QED) is 0.0257. The number of Topliss-reactive ketones (excluding diaryl/α,β-unsaturated/α-hetero) is 2.